The maximum atomic E-state index is 13.9. The van der Waals surface area contributed by atoms with Gasteiger partial charge in [-0.2, -0.15) is 0 Å². The van der Waals surface area contributed by atoms with Gasteiger partial charge in [0, 0.05) is 24.0 Å². The largest absolute Gasteiger partial charge is 0.390 e. The van der Waals surface area contributed by atoms with E-state index in [0.29, 0.717) is 40.8 Å². The lowest BCUT2D eigenvalue weighted by molar-refractivity contribution is -0.123. The summed E-state index contributed by atoms with van der Waals surface area (Å²) in [6.45, 7) is 2.66. The maximum absolute atomic E-state index is 13.9. The van der Waals surface area contributed by atoms with Gasteiger partial charge in [0.25, 0.3) is 0 Å². The maximum Gasteiger partial charge on any atom is 0.227 e. The summed E-state index contributed by atoms with van der Waals surface area (Å²) in [6, 6.07) is 9.92. The Morgan fingerprint density at radius 1 is 1.14 bits per heavy atom. The molecular formula is C21H21F2N3O2. The number of halogens is 2. The number of amides is 1. The molecule has 1 unspecified atom stereocenters. The fraction of sp³-hybridized carbons (Fsp3) is 0.286. The van der Waals surface area contributed by atoms with E-state index in [2.05, 4.69) is 15.6 Å². The van der Waals surface area contributed by atoms with Crippen molar-refractivity contribution in [2.75, 3.05) is 13.1 Å². The Balaban J connectivity index is 1.77. The summed E-state index contributed by atoms with van der Waals surface area (Å²) in [6.07, 6.45) is -0.645. The summed E-state index contributed by atoms with van der Waals surface area (Å²) in [7, 11) is 0. The number of aliphatic hydroxyl groups excluding tert-OH is 1. The van der Waals surface area contributed by atoms with E-state index < -0.39 is 17.8 Å². The standard InChI is InChI=1S/C21H21F2N3O2/c1-11(21(28)26-17-9-24-10-18(17)27)19-15-8-14(23)6-7-16(15)25-20(19)12-2-4-13(22)5-3-12/h2-8,11,17-18,24-25,27H,9-10H2,1H3,(H,26,28)/t11?,17-,18-/m0/s1. The molecule has 5 nitrogen and oxygen atoms in total. The lowest BCUT2D eigenvalue weighted by atomic mass is 9.93. The molecule has 3 atom stereocenters. The molecule has 0 aliphatic carbocycles. The van der Waals surface area contributed by atoms with Gasteiger partial charge in [0.05, 0.1) is 23.8 Å². The van der Waals surface area contributed by atoms with E-state index in [0.717, 1.165) is 0 Å². The predicted molar refractivity (Wildman–Crippen MR) is 103 cm³/mol. The molecule has 1 saturated heterocycles. The van der Waals surface area contributed by atoms with Crippen LogP contribution in [-0.4, -0.2) is 41.2 Å². The van der Waals surface area contributed by atoms with Crippen LogP contribution in [0.25, 0.3) is 22.2 Å². The van der Waals surface area contributed by atoms with E-state index in [1.807, 2.05) is 0 Å². The predicted octanol–water partition coefficient (Wildman–Crippen LogP) is 2.67. The number of hydrogen-bond donors (Lipinski definition) is 4. The Bertz CT molecular complexity index is 1020. The van der Waals surface area contributed by atoms with Gasteiger partial charge in [-0.15, -0.1) is 0 Å². The van der Waals surface area contributed by atoms with Crippen molar-refractivity contribution < 1.29 is 18.7 Å². The summed E-state index contributed by atoms with van der Waals surface area (Å²) < 4.78 is 27.3. The monoisotopic (exact) mass is 385 g/mol. The number of aliphatic hydroxyl groups is 1. The molecule has 4 rings (SSSR count). The van der Waals surface area contributed by atoms with E-state index in [-0.39, 0.29) is 17.8 Å². The summed E-state index contributed by atoms with van der Waals surface area (Å²) in [4.78, 5) is 16.1. The van der Waals surface area contributed by atoms with Crippen molar-refractivity contribution in [2.45, 2.75) is 25.0 Å². The molecule has 2 aromatic carbocycles. The normalized spacial score (nSPS) is 20.4. The van der Waals surface area contributed by atoms with Crippen molar-refractivity contribution in [1.29, 1.82) is 0 Å². The molecule has 0 bridgehead atoms. The lowest BCUT2D eigenvalue weighted by Crippen LogP contribution is -2.44. The molecule has 2 heterocycles. The SMILES string of the molecule is CC(C(=O)N[C@H]1CNC[C@@H]1O)c1c(-c2ccc(F)cc2)[nH]c2ccc(F)cc12. The number of fused-ring (bicyclic) bond motifs is 1. The zero-order valence-electron chi connectivity index (χ0n) is 15.3. The van der Waals surface area contributed by atoms with Gasteiger partial charge < -0.3 is 20.7 Å². The molecule has 7 heteroatoms. The highest BCUT2D eigenvalue weighted by molar-refractivity contribution is 5.97. The second-order valence-electron chi connectivity index (χ2n) is 7.17. The van der Waals surface area contributed by atoms with Crippen molar-refractivity contribution in [3.8, 4) is 11.3 Å². The van der Waals surface area contributed by atoms with E-state index >= 15 is 0 Å². The Labute approximate surface area is 160 Å². The average molecular weight is 385 g/mol. The summed E-state index contributed by atoms with van der Waals surface area (Å²) in [5.41, 5.74) is 2.68. The Kier molecular flexibility index (Phi) is 4.87. The Hall–Kier alpha value is -2.77. The summed E-state index contributed by atoms with van der Waals surface area (Å²) in [5, 5.41) is 16.4. The minimum absolute atomic E-state index is 0.263. The van der Waals surface area contributed by atoms with Crippen LogP contribution in [0.15, 0.2) is 42.5 Å². The van der Waals surface area contributed by atoms with E-state index in [1.165, 1.54) is 24.3 Å². The van der Waals surface area contributed by atoms with Crippen LogP contribution in [0.1, 0.15) is 18.4 Å². The quantitative estimate of drug-likeness (QED) is 0.558. The van der Waals surface area contributed by atoms with Crippen molar-refractivity contribution in [1.82, 2.24) is 15.6 Å². The molecule has 0 saturated carbocycles. The zero-order valence-corrected chi connectivity index (χ0v) is 15.3. The molecular weight excluding hydrogens is 364 g/mol. The molecule has 4 N–H and O–H groups in total. The molecule has 146 valence electrons. The van der Waals surface area contributed by atoms with Gasteiger partial charge in [0.15, 0.2) is 0 Å². The third kappa shape index (κ3) is 3.39. The first-order valence-electron chi connectivity index (χ1n) is 9.20. The second kappa shape index (κ2) is 7.33. The van der Waals surface area contributed by atoms with Gasteiger partial charge in [0.2, 0.25) is 5.91 Å². The lowest BCUT2D eigenvalue weighted by Gasteiger charge is -2.20. The molecule has 1 aliphatic heterocycles. The van der Waals surface area contributed by atoms with Crippen molar-refractivity contribution in [3.05, 3.63) is 59.7 Å². The van der Waals surface area contributed by atoms with Crippen LogP contribution in [0.2, 0.25) is 0 Å². The minimum atomic E-state index is -0.645. The molecule has 1 aromatic heterocycles. The highest BCUT2D eigenvalue weighted by Crippen LogP contribution is 2.36. The molecule has 3 aromatic rings. The molecule has 1 aliphatic rings. The first kappa shape index (κ1) is 18.6. The van der Waals surface area contributed by atoms with E-state index in [4.69, 9.17) is 0 Å². The Morgan fingerprint density at radius 3 is 2.54 bits per heavy atom. The zero-order chi connectivity index (χ0) is 19.8. The number of H-pyrrole nitrogens is 1. The van der Waals surface area contributed by atoms with Crippen LogP contribution in [-0.2, 0) is 4.79 Å². The minimum Gasteiger partial charge on any atom is -0.390 e. The summed E-state index contributed by atoms with van der Waals surface area (Å²) >= 11 is 0. The van der Waals surface area contributed by atoms with E-state index in [1.54, 1.807) is 25.1 Å². The van der Waals surface area contributed by atoms with Gasteiger partial charge in [0.1, 0.15) is 11.6 Å². The third-order valence-electron chi connectivity index (χ3n) is 5.27. The van der Waals surface area contributed by atoms with Crippen LogP contribution < -0.4 is 10.6 Å². The first-order valence-corrected chi connectivity index (χ1v) is 9.20. The smallest absolute Gasteiger partial charge is 0.227 e. The number of benzene rings is 2. The van der Waals surface area contributed by atoms with Crippen molar-refractivity contribution in [2.24, 2.45) is 0 Å². The molecule has 28 heavy (non-hydrogen) atoms. The topological polar surface area (TPSA) is 77.2 Å². The van der Waals surface area contributed by atoms with Crippen LogP contribution in [0, 0.1) is 11.6 Å². The van der Waals surface area contributed by atoms with Gasteiger partial charge >= 0.3 is 0 Å². The van der Waals surface area contributed by atoms with Gasteiger partial charge in [-0.1, -0.05) is 0 Å². The van der Waals surface area contributed by atoms with Crippen LogP contribution in [0.5, 0.6) is 0 Å². The number of rotatable bonds is 4. The number of carbonyl (C=O) groups is 1. The number of aromatic amines is 1. The summed E-state index contributed by atoms with van der Waals surface area (Å²) in [5.74, 6) is -1.63. The fourth-order valence-electron chi connectivity index (χ4n) is 3.73. The van der Waals surface area contributed by atoms with Crippen molar-refractivity contribution >= 4 is 16.8 Å². The number of β-amino-alcohol motifs (C(OH)–C–C–N with tert-alkyl or cyclic N) is 1. The molecule has 0 spiro atoms. The number of carbonyl (C=O) groups excluding carboxylic acids is 1. The molecule has 0 radical (unpaired) electrons. The number of hydrogen-bond acceptors (Lipinski definition) is 3. The van der Waals surface area contributed by atoms with Crippen LogP contribution in [0.3, 0.4) is 0 Å². The fourth-order valence-corrected chi connectivity index (χ4v) is 3.73. The number of aromatic nitrogens is 1. The van der Waals surface area contributed by atoms with Crippen LogP contribution in [0.4, 0.5) is 8.78 Å². The highest BCUT2D eigenvalue weighted by Gasteiger charge is 2.30. The van der Waals surface area contributed by atoms with Crippen molar-refractivity contribution in [3.63, 3.8) is 0 Å². The van der Waals surface area contributed by atoms with Gasteiger partial charge in [-0.05, 0) is 60.5 Å². The van der Waals surface area contributed by atoms with Gasteiger partial charge in [-0.3, -0.25) is 4.79 Å². The van der Waals surface area contributed by atoms with E-state index in [9.17, 15) is 18.7 Å². The van der Waals surface area contributed by atoms with Crippen LogP contribution >= 0.6 is 0 Å². The Morgan fingerprint density at radius 2 is 1.86 bits per heavy atom. The first-order chi connectivity index (χ1) is 13.4. The average Bonchev–Trinajstić information content (AvgIpc) is 3.25. The third-order valence-corrected chi connectivity index (χ3v) is 5.27. The molecule has 1 amide bonds. The highest BCUT2D eigenvalue weighted by atomic mass is 19.1. The molecule has 1 fully saturated rings. The van der Waals surface area contributed by atoms with Gasteiger partial charge in [-0.25, -0.2) is 8.78 Å². The second-order valence-corrected chi connectivity index (χ2v) is 7.17. The number of nitrogens with one attached hydrogen (secondary N) is 3.